The Morgan fingerprint density at radius 1 is 1.21 bits per heavy atom. The zero-order valence-corrected chi connectivity index (χ0v) is 19.0. The number of carbonyl (C=O) groups excluding carboxylic acids is 1. The van der Waals surface area contributed by atoms with Gasteiger partial charge in [0, 0.05) is 34.5 Å². The van der Waals surface area contributed by atoms with Gasteiger partial charge in [0.25, 0.3) is 0 Å². The second-order valence-corrected chi connectivity index (χ2v) is 9.11. The lowest BCUT2D eigenvalue weighted by atomic mass is 9.97. The highest BCUT2D eigenvalue weighted by atomic mass is 16.5. The van der Waals surface area contributed by atoms with Gasteiger partial charge in [-0.25, -0.2) is 9.97 Å². The molecular formula is C26H34N4O3. The van der Waals surface area contributed by atoms with Crippen molar-refractivity contribution < 1.29 is 17.5 Å². The first-order valence-electron chi connectivity index (χ1n) is 11.8. The number of aromatic hydroxyl groups is 1. The summed E-state index contributed by atoms with van der Waals surface area (Å²) < 4.78 is 5.51. The number of phenolic OH excluding ortho intramolecular Hbond substituents is 1. The van der Waals surface area contributed by atoms with Gasteiger partial charge in [0.15, 0.2) is 5.82 Å². The second-order valence-electron chi connectivity index (χ2n) is 9.11. The third-order valence-electron chi connectivity index (χ3n) is 6.58. The average Bonchev–Trinajstić information content (AvgIpc) is 3.37. The highest BCUT2D eigenvalue weighted by Crippen LogP contribution is 2.33. The van der Waals surface area contributed by atoms with Crippen molar-refractivity contribution in [1.82, 2.24) is 15.3 Å². The number of hydrogen-bond acceptors (Lipinski definition) is 6. The molecule has 2 aromatic carbocycles. The summed E-state index contributed by atoms with van der Waals surface area (Å²) >= 11 is 0. The number of anilines is 1. The fourth-order valence-electron chi connectivity index (χ4n) is 4.81. The molecule has 1 unspecified atom stereocenters. The molecule has 2 atom stereocenters. The van der Waals surface area contributed by atoms with Gasteiger partial charge in [0.1, 0.15) is 17.7 Å². The molecule has 5 rings (SSSR count). The number of carbonyl (C=O) groups is 1. The molecule has 2 saturated heterocycles. The van der Waals surface area contributed by atoms with Gasteiger partial charge in [-0.05, 0) is 68.4 Å². The molecule has 1 aromatic heterocycles. The normalized spacial score (nSPS) is 20.8. The smallest absolute Gasteiger partial charge is 0.249 e. The number of aryl methyl sites for hydroxylation is 1. The minimum Gasteiger partial charge on any atom is -0.507 e. The van der Waals surface area contributed by atoms with Crippen LogP contribution in [0.2, 0.25) is 0 Å². The molecule has 176 valence electrons. The van der Waals surface area contributed by atoms with Crippen LogP contribution in [-0.2, 0) is 9.53 Å². The van der Waals surface area contributed by atoms with Crippen LogP contribution in [0.25, 0.3) is 22.3 Å². The Morgan fingerprint density at radius 3 is 2.91 bits per heavy atom. The van der Waals surface area contributed by atoms with E-state index in [0.717, 1.165) is 61.1 Å². The van der Waals surface area contributed by atoms with Crippen LogP contribution in [0.1, 0.15) is 34.1 Å². The van der Waals surface area contributed by atoms with Crippen LogP contribution in [-0.4, -0.2) is 53.3 Å². The third kappa shape index (κ3) is 4.64. The van der Waals surface area contributed by atoms with E-state index in [1.807, 2.05) is 12.1 Å². The van der Waals surface area contributed by atoms with Crippen molar-refractivity contribution in [2.75, 3.05) is 31.1 Å². The van der Waals surface area contributed by atoms with E-state index in [4.69, 9.17) is 14.7 Å². The standard InChI is InChI=1S/C26H30N4O3.2H2/c1-17-10-11-19-21(14-17)28-24(20-7-2-3-8-22(20)31)29-25(19)30-12-4-6-18(16-30)15-27-26(32)23-9-5-13-33-23;;/h2-3,7-8,10-11,14,18,23,31H,4-6,9,12-13,15-16H2,1H3,(H,27,32);2*1H/t18?,23-;;/m0../s1. The van der Waals surface area contributed by atoms with Crippen LogP contribution in [0.15, 0.2) is 42.5 Å². The zero-order chi connectivity index (χ0) is 22.8. The van der Waals surface area contributed by atoms with Crippen molar-refractivity contribution >= 4 is 22.6 Å². The average molecular weight is 451 g/mol. The van der Waals surface area contributed by atoms with Gasteiger partial charge in [-0.3, -0.25) is 4.79 Å². The fraction of sp³-hybridized carbons (Fsp3) is 0.423. The fourth-order valence-corrected chi connectivity index (χ4v) is 4.81. The molecule has 0 bridgehead atoms. The Bertz CT molecular complexity index is 1170. The number of fused-ring (bicyclic) bond motifs is 1. The highest BCUT2D eigenvalue weighted by molar-refractivity contribution is 5.92. The van der Waals surface area contributed by atoms with Crippen LogP contribution in [0.4, 0.5) is 5.82 Å². The molecule has 3 aromatic rings. The Morgan fingerprint density at radius 2 is 2.09 bits per heavy atom. The number of phenols is 1. The quantitative estimate of drug-likeness (QED) is 0.602. The predicted molar refractivity (Wildman–Crippen MR) is 133 cm³/mol. The Hall–Kier alpha value is -3.19. The molecule has 3 heterocycles. The topological polar surface area (TPSA) is 87.6 Å². The van der Waals surface area contributed by atoms with Crippen LogP contribution in [0.3, 0.4) is 0 Å². The number of piperidine rings is 1. The van der Waals surface area contributed by atoms with Crippen LogP contribution < -0.4 is 10.2 Å². The number of aromatic nitrogens is 2. The summed E-state index contributed by atoms with van der Waals surface area (Å²) in [5.74, 6) is 1.93. The maximum atomic E-state index is 12.4. The number of benzene rings is 2. The second kappa shape index (κ2) is 9.35. The summed E-state index contributed by atoms with van der Waals surface area (Å²) in [5, 5.41) is 14.5. The van der Waals surface area contributed by atoms with Crippen molar-refractivity contribution in [1.29, 1.82) is 0 Å². The van der Waals surface area contributed by atoms with Crippen LogP contribution >= 0.6 is 0 Å². The van der Waals surface area contributed by atoms with Crippen molar-refractivity contribution in [3.63, 3.8) is 0 Å². The summed E-state index contributed by atoms with van der Waals surface area (Å²) in [6.45, 7) is 5.08. The highest BCUT2D eigenvalue weighted by Gasteiger charge is 2.27. The van der Waals surface area contributed by atoms with E-state index in [1.165, 1.54) is 0 Å². The molecule has 7 nitrogen and oxygen atoms in total. The number of nitrogens with zero attached hydrogens (tertiary/aromatic N) is 3. The molecule has 2 N–H and O–H groups in total. The summed E-state index contributed by atoms with van der Waals surface area (Å²) in [6.07, 6.45) is 3.57. The van der Waals surface area contributed by atoms with Crippen molar-refractivity contribution in [2.45, 2.75) is 38.7 Å². The first-order valence-corrected chi connectivity index (χ1v) is 11.8. The minimum atomic E-state index is -0.292. The van der Waals surface area contributed by atoms with Crippen molar-refractivity contribution in [2.24, 2.45) is 5.92 Å². The van der Waals surface area contributed by atoms with Gasteiger partial charge >= 0.3 is 0 Å². The number of ether oxygens (including phenoxy) is 1. The molecule has 0 saturated carbocycles. The van der Waals surface area contributed by atoms with E-state index in [9.17, 15) is 9.90 Å². The summed E-state index contributed by atoms with van der Waals surface area (Å²) in [6, 6.07) is 13.4. The molecule has 1 amide bonds. The van der Waals surface area contributed by atoms with E-state index in [0.29, 0.717) is 30.5 Å². The van der Waals surface area contributed by atoms with Crippen LogP contribution in [0.5, 0.6) is 5.75 Å². The lowest BCUT2D eigenvalue weighted by Crippen LogP contribution is -2.43. The number of nitrogens with one attached hydrogen (secondary N) is 1. The van der Waals surface area contributed by atoms with Gasteiger partial charge < -0.3 is 20.1 Å². The molecule has 2 aliphatic rings. The van der Waals surface area contributed by atoms with Gasteiger partial charge in [0.2, 0.25) is 5.91 Å². The minimum absolute atomic E-state index is 0. The van der Waals surface area contributed by atoms with Gasteiger partial charge in [-0.2, -0.15) is 0 Å². The first kappa shape index (κ1) is 21.6. The summed E-state index contributed by atoms with van der Waals surface area (Å²) in [4.78, 5) is 24.4. The maximum Gasteiger partial charge on any atom is 0.249 e. The van der Waals surface area contributed by atoms with Gasteiger partial charge in [-0.1, -0.05) is 18.2 Å². The van der Waals surface area contributed by atoms with Crippen molar-refractivity contribution in [3.05, 3.63) is 48.0 Å². The monoisotopic (exact) mass is 450 g/mol. The van der Waals surface area contributed by atoms with Crippen LogP contribution in [0, 0.1) is 12.8 Å². The van der Waals surface area contributed by atoms with E-state index in [1.54, 1.807) is 12.1 Å². The Labute approximate surface area is 196 Å². The van der Waals surface area contributed by atoms with E-state index in [2.05, 4.69) is 35.3 Å². The Balaban J connectivity index is 0.00000171. The number of rotatable bonds is 5. The molecule has 33 heavy (non-hydrogen) atoms. The van der Waals surface area contributed by atoms with E-state index < -0.39 is 0 Å². The summed E-state index contributed by atoms with van der Waals surface area (Å²) in [5.41, 5.74) is 2.62. The maximum absolute atomic E-state index is 12.4. The molecule has 7 heteroatoms. The number of amides is 1. The molecule has 0 radical (unpaired) electrons. The molecule has 2 aliphatic heterocycles. The molecular weight excluding hydrogens is 416 g/mol. The summed E-state index contributed by atoms with van der Waals surface area (Å²) in [7, 11) is 0. The first-order chi connectivity index (χ1) is 16.1. The number of hydrogen-bond donors (Lipinski definition) is 2. The van der Waals surface area contributed by atoms with E-state index >= 15 is 0 Å². The predicted octanol–water partition coefficient (Wildman–Crippen LogP) is 4.31. The van der Waals surface area contributed by atoms with Crippen molar-refractivity contribution in [3.8, 4) is 17.1 Å². The number of para-hydroxylation sites is 1. The zero-order valence-electron chi connectivity index (χ0n) is 19.0. The molecule has 0 spiro atoms. The molecule has 2 fully saturated rings. The lowest BCUT2D eigenvalue weighted by molar-refractivity contribution is -0.130. The van der Waals surface area contributed by atoms with Gasteiger partial charge in [0.05, 0.1) is 11.1 Å². The largest absolute Gasteiger partial charge is 0.507 e. The SMILES string of the molecule is Cc1ccc2c(N3CCCC(CNC(=O)[C@@H]4CCCO4)C3)nc(-c3ccccc3O)nc2c1.[HH].[HH]. The third-order valence-corrected chi connectivity index (χ3v) is 6.58. The lowest BCUT2D eigenvalue weighted by Gasteiger charge is -2.34. The molecule has 0 aliphatic carbocycles. The van der Waals surface area contributed by atoms with Gasteiger partial charge in [-0.15, -0.1) is 0 Å². The van der Waals surface area contributed by atoms with E-state index in [-0.39, 0.29) is 20.6 Å². The Kier molecular flexibility index (Phi) is 6.13.